The van der Waals surface area contributed by atoms with Crippen molar-refractivity contribution in [2.75, 3.05) is 0 Å². The maximum absolute atomic E-state index is 6.14. The first-order valence-corrected chi connectivity index (χ1v) is 5.42. The van der Waals surface area contributed by atoms with Crippen LogP contribution in [0.25, 0.3) is 0 Å². The van der Waals surface area contributed by atoms with Crippen LogP contribution in [0.5, 0.6) is 0 Å². The molecule has 1 unspecified atom stereocenters. The first kappa shape index (κ1) is 9.36. The summed E-state index contributed by atoms with van der Waals surface area (Å²) in [5.41, 5.74) is 2.66. The van der Waals surface area contributed by atoms with E-state index in [2.05, 4.69) is 13.0 Å². The number of fused-ring (bicyclic) bond motifs is 1. The summed E-state index contributed by atoms with van der Waals surface area (Å²) in [6.45, 7) is 2.25. The highest BCUT2D eigenvalue weighted by atomic mass is 35.5. The van der Waals surface area contributed by atoms with Gasteiger partial charge >= 0.3 is 0 Å². The summed E-state index contributed by atoms with van der Waals surface area (Å²) in [5, 5.41) is 1.46. The summed E-state index contributed by atoms with van der Waals surface area (Å²) in [6.07, 6.45) is 3.58. The summed E-state index contributed by atoms with van der Waals surface area (Å²) < 4.78 is 0. The minimum absolute atomic E-state index is 0.638. The Morgan fingerprint density at radius 1 is 1.31 bits per heavy atom. The van der Waals surface area contributed by atoms with Crippen LogP contribution in [-0.2, 0) is 6.42 Å². The Bertz CT molecular complexity index is 331. The molecule has 13 heavy (non-hydrogen) atoms. The van der Waals surface area contributed by atoms with Gasteiger partial charge in [-0.1, -0.05) is 36.2 Å². The first-order valence-electron chi connectivity index (χ1n) is 4.67. The molecule has 1 aromatic carbocycles. The highest BCUT2D eigenvalue weighted by Crippen LogP contribution is 2.38. The minimum atomic E-state index is 0.638. The summed E-state index contributed by atoms with van der Waals surface area (Å²) in [6, 6.07) is 4.03. The van der Waals surface area contributed by atoms with E-state index in [-0.39, 0.29) is 0 Å². The van der Waals surface area contributed by atoms with E-state index in [0.717, 1.165) is 11.4 Å². The van der Waals surface area contributed by atoms with Gasteiger partial charge in [-0.3, -0.25) is 0 Å². The van der Waals surface area contributed by atoms with Crippen molar-refractivity contribution in [3.05, 3.63) is 33.3 Å². The Hall–Kier alpha value is -0.200. The Labute approximate surface area is 88.9 Å². The van der Waals surface area contributed by atoms with Crippen molar-refractivity contribution in [1.82, 2.24) is 0 Å². The van der Waals surface area contributed by atoms with Crippen LogP contribution in [0, 0.1) is 0 Å². The zero-order valence-electron chi connectivity index (χ0n) is 7.61. The Morgan fingerprint density at radius 2 is 2.08 bits per heavy atom. The molecule has 0 nitrogen and oxygen atoms in total. The number of benzene rings is 1. The van der Waals surface area contributed by atoms with E-state index in [4.69, 9.17) is 23.2 Å². The zero-order chi connectivity index (χ0) is 9.42. The fourth-order valence-corrected chi connectivity index (χ4v) is 2.51. The molecule has 0 amide bonds. The predicted molar refractivity (Wildman–Crippen MR) is 57.8 cm³/mol. The lowest BCUT2D eigenvalue weighted by Crippen LogP contribution is -2.07. The molecule has 0 heterocycles. The lowest BCUT2D eigenvalue weighted by molar-refractivity contribution is 0.590. The van der Waals surface area contributed by atoms with Gasteiger partial charge < -0.3 is 0 Å². The average Bonchev–Trinajstić information content (AvgIpc) is 2.12. The van der Waals surface area contributed by atoms with Crippen LogP contribution in [0.2, 0.25) is 10.0 Å². The third-order valence-electron chi connectivity index (χ3n) is 2.83. The van der Waals surface area contributed by atoms with Crippen molar-refractivity contribution in [2.45, 2.75) is 32.1 Å². The smallest absolute Gasteiger partial charge is 0.0627 e. The molecule has 1 aromatic rings. The lowest BCUT2D eigenvalue weighted by Gasteiger charge is -2.23. The van der Waals surface area contributed by atoms with Crippen molar-refractivity contribution in [2.24, 2.45) is 0 Å². The molecule has 0 radical (unpaired) electrons. The monoisotopic (exact) mass is 214 g/mol. The van der Waals surface area contributed by atoms with Crippen LogP contribution in [0.4, 0.5) is 0 Å². The fourth-order valence-electron chi connectivity index (χ4n) is 2.06. The van der Waals surface area contributed by atoms with Gasteiger partial charge in [0.15, 0.2) is 0 Å². The number of hydrogen-bond donors (Lipinski definition) is 0. The van der Waals surface area contributed by atoms with Gasteiger partial charge in [0.25, 0.3) is 0 Å². The molecule has 0 aliphatic heterocycles. The lowest BCUT2D eigenvalue weighted by atomic mass is 9.84. The van der Waals surface area contributed by atoms with Gasteiger partial charge in [0.05, 0.1) is 10.0 Å². The van der Waals surface area contributed by atoms with Crippen LogP contribution in [-0.4, -0.2) is 0 Å². The van der Waals surface area contributed by atoms with Gasteiger partial charge in [0, 0.05) is 0 Å². The topological polar surface area (TPSA) is 0 Å². The molecule has 2 rings (SSSR count). The van der Waals surface area contributed by atoms with E-state index in [0.29, 0.717) is 10.9 Å². The van der Waals surface area contributed by atoms with Crippen molar-refractivity contribution in [1.29, 1.82) is 0 Å². The van der Waals surface area contributed by atoms with Crippen LogP contribution in [0.3, 0.4) is 0 Å². The normalized spacial score (nSPS) is 21.3. The molecule has 0 spiro atoms. The van der Waals surface area contributed by atoms with E-state index in [9.17, 15) is 0 Å². The molecule has 0 N–H and O–H groups in total. The summed E-state index contributed by atoms with van der Waals surface area (Å²) in [5.74, 6) is 0.638. The van der Waals surface area contributed by atoms with E-state index < -0.39 is 0 Å². The predicted octanol–water partition coefficient (Wildman–Crippen LogP) is 4.43. The SMILES string of the molecule is CC1CCCc2c1ccc(Cl)c2Cl. The second-order valence-electron chi connectivity index (χ2n) is 3.72. The van der Waals surface area contributed by atoms with Crippen molar-refractivity contribution in [3.8, 4) is 0 Å². The summed E-state index contributed by atoms with van der Waals surface area (Å²) in [7, 11) is 0. The highest BCUT2D eigenvalue weighted by molar-refractivity contribution is 6.42. The molecule has 70 valence electrons. The molecule has 0 saturated carbocycles. The molecular formula is C11H12Cl2. The standard InChI is InChI=1S/C11H12Cl2/c1-7-3-2-4-9-8(7)5-6-10(12)11(9)13/h5-7H,2-4H2,1H3. The van der Waals surface area contributed by atoms with Gasteiger partial charge in [0.1, 0.15) is 0 Å². The Balaban J connectivity index is 2.56. The number of hydrogen-bond acceptors (Lipinski definition) is 0. The molecule has 0 fully saturated rings. The third kappa shape index (κ3) is 1.58. The second-order valence-corrected chi connectivity index (χ2v) is 4.51. The minimum Gasteiger partial charge on any atom is -0.0827 e. The van der Waals surface area contributed by atoms with Crippen molar-refractivity contribution < 1.29 is 0 Å². The summed E-state index contributed by atoms with van der Waals surface area (Å²) >= 11 is 12.1. The maximum Gasteiger partial charge on any atom is 0.0627 e. The molecule has 0 saturated heterocycles. The third-order valence-corrected chi connectivity index (χ3v) is 3.67. The summed E-state index contributed by atoms with van der Waals surface area (Å²) in [4.78, 5) is 0. The molecule has 1 atom stereocenters. The molecule has 0 aromatic heterocycles. The quantitative estimate of drug-likeness (QED) is 0.600. The highest BCUT2D eigenvalue weighted by Gasteiger charge is 2.19. The van der Waals surface area contributed by atoms with E-state index in [1.165, 1.54) is 24.0 Å². The maximum atomic E-state index is 6.14. The first-order chi connectivity index (χ1) is 6.20. The Morgan fingerprint density at radius 3 is 2.85 bits per heavy atom. The van der Waals surface area contributed by atoms with Crippen molar-refractivity contribution in [3.63, 3.8) is 0 Å². The average molecular weight is 215 g/mol. The van der Waals surface area contributed by atoms with Gasteiger partial charge in [-0.15, -0.1) is 0 Å². The van der Waals surface area contributed by atoms with Crippen LogP contribution >= 0.6 is 23.2 Å². The van der Waals surface area contributed by atoms with Crippen LogP contribution < -0.4 is 0 Å². The van der Waals surface area contributed by atoms with Gasteiger partial charge in [-0.2, -0.15) is 0 Å². The zero-order valence-corrected chi connectivity index (χ0v) is 9.12. The molecule has 2 heteroatoms. The van der Waals surface area contributed by atoms with Crippen LogP contribution in [0.1, 0.15) is 36.8 Å². The van der Waals surface area contributed by atoms with Crippen LogP contribution in [0.15, 0.2) is 12.1 Å². The Kier molecular flexibility index (Phi) is 2.53. The molecular weight excluding hydrogens is 203 g/mol. The second kappa shape index (κ2) is 3.51. The fraction of sp³-hybridized carbons (Fsp3) is 0.455. The van der Waals surface area contributed by atoms with E-state index in [1.807, 2.05) is 6.07 Å². The molecule has 0 bridgehead atoms. The van der Waals surface area contributed by atoms with Gasteiger partial charge in [-0.25, -0.2) is 0 Å². The van der Waals surface area contributed by atoms with E-state index >= 15 is 0 Å². The van der Waals surface area contributed by atoms with Gasteiger partial charge in [-0.05, 0) is 42.4 Å². The molecule has 1 aliphatic carbocycles. The number of halogens is 2. The largest absolute Gasteiger partial charge is 0.0827 e. The number of rotatable bonds is 0. The molecule has 1 aliphatic rings. The van der Waals surface area contributed by atoms with Gasteiger partial charge in [0.2, 0.25) is 0 Å². The van der Waals surface area contributed by atoms with Crippen molar-refractivity contribution >= 4 is 23.2 Å². The van der Waals surface area contributed by atoms with E-state index in [1.54, 1.807) is 0 Å².